The van der Waals surface area contributed by atoms with E-state index in [9.17, 15) is 29.3 Å². The summed E-state index contributed by atoms with van der Waals surface area (Å²) < 4.78 is 11.3. The summed E-state index contributed by atoms with van der Waals surface area (Å²) in [6.07, 6.45) is 5.32. The Morgan fingerprint density at radius 1 is 0.786 bits per heavy atom. The number of hydrogen-bond donors (Lipinski definition) is 1. The zero-order valence-electron chi connectivity index (χ0n) is 33.3. The number of ether oxygens (including phenoxy) is 2. The molecule has 5 rings (SSSR count). The Morgan fingerprint density at radius 3 is 1.80 bits per heavy atom. The Hall–Kier alpha value is -3.68. The first-order chi connectivity index (χ1) is 24.7. The maximum absolute atomic E-state index is 14.0. The number of piperazine rings is 1. The van der Waals surface area contributed by atoms with E-state index < -0.39 is 22.8 Å². The number of Topliss-reactive ketones (excluding diaryl/α,β-unsaturated/α-hetero) is 2. The number of anilines is 1. The van der Waals surface area contributed by atoms with Crippen molar-refractivity contribution in [1.29, 1.82) is 0 Å². The lowest BCUT2D eigenvalue weighted by Crippen LogP contribution is -2.51. The minimum absolute atomic E-state index is 0. The van der Waals surface area contributed by atoms with Gasteiger partial charge in [0.05, 0.1) is 35.7 Å². The Bertz CT molecular complexity index is 1640. The Balaban J connectivity index is 0. The van der Waals surface area contributed by atoms with Crippen LogP contribution in [0.1, 0.15) is 85.1 Å². The first-order valence-corrected chi connectivity index (χ1v) is 17.8. The molecule has 0 bridgehead atoms. The summed E-state index contributed by atoms with van der Waals surface area (Å²) in [5.41, 5.74) is 2.99. The number of nitro benzene ring substituents is 1. The highest BCUT2D eigenvalue weighted by atomic mass is 35.5. The summed E-state index contributed by atoms with van der Waals surface area (Å²) in [5, 5.41) is 14.8. The van der Waals surface area contributed by atoms with Gasteiger partial charge in [0, 0.05) is 67.4 Å². The third-order valence-electron chi connectivity index (χ3n) is 9.28. The van der Waals surface area contributed by atoms with Crippen molar-refractivity contribution in [2.45, 2.75) is 79.6 Å². The first kappa shape index (κ1) is 54.4. The molecular weight excluding hydrogens is 806 g/mol. The standard InChI is InChI=1S/C34H42N4O6.2C3H6O.4ClH/c1-24-29(32(39)43-3)31(26-11-10-14-28(21-26)38(41)42)30(25(2)35-24)33(40)44-23-34(15-8-5-9-16-34)22-36-17-19-37(20-18-36)27-12-6-4-7-13-27;2*1-3(2)4;;;;/h4,6-7,10-14,21,31,35H,5,8-9,15-20,22-23H2,1-3H3;2*1-2H3;4*1H. The van der Waals surface area contributed by atoms with Crippen LogP contribution in [0.3, 0.4) is 0 Å². The van der Waals surface area contributed by atoms with Crippen LogP contribution in [0.15, 0.2) is 77.1 Å². The molecule has 0 spiro atoms. The fraction of sp³-hybridized carbons (Fsp3) is 0.500. The summed E-state index contributed by atoms with van der Waals surface area (Å²) in [5.74, 6) is -1.67. The number of esters is 2. The molecule has 2 heterocycles. The van der Waals surface area contributed by atoms with Crippen LogP contribution in [0, 0.1) is 15.5 Å². The van der Waals surface area contributed by atoms with E-state index >= 15 is 0 Å². The average Bonchev–Trinajstić information content (AvgIpc) is 3.11. The third kappa shape index (κ3) is 16.1. The van der Waals surface area contributed by atoms with Crippen LogP contribution < -0.4 is 10.2 Å². The number of para-hydroxylation sites is 1. The number of nitro groups is 1. The van der Waals surface area contributed by atoms with Crippen LogP contribution in [-0.4, -0.2) is 79.8 Å². The number of rotatable bonds is 9. The van der Waals surface area contributed by atoms with E-state index in [2.05, 4.69) is 39.4 Å². The van der Waals surface area contributed by atoms with Crippen molar-refractivity contribution in [2.24, 2.45) is 5.41 Å². The van der Waals surface area contributed by atoms with E-state index in [0.717, 1.165) is 58.4 Å². The number of hydrogen-bond acceptors (Lipinski definition) is 11. The third-order valence-corrected chi connectivity index (χ3v) is 9.28. The van der Waals surface area contributed by atoms with Crippen molar-refractivity contribution < 1.29 is 33.6 Å². The largest absolute Gasteiger partial charge is 0.466 e. The number of methoxy groups -OCH3 is 1. The lowest BCUT2D eigenvalue weighted by molar-refractivity contribution is -0.384. The van der Waals surface area contributed by atoms with Crippen molar-refractivity contribution in [3.05, 3.63) is 92.8 Å². The van der Waals surface area contributed by atoms with Gasteiger partial charge in [0.1, 0.15) is 11.6 Å². The minimum Gasteiger partial charge on any atom is -0.466 e. The van der Waals surface area contributed by atoms with Gasteiger partial charge in [-0.25, -0.2) is 9.59 Å². The molecule has 56 heavy (non-hydrogen) atoms. The molecule has 2 aromatic carbocycles. The number of carbonyl (C=O) groups excluding carboxylic acids is 4. The van der Waals surface area contributed by atoms with Crippen LogP contribution in [0.4, 0.5) is 11.4 Å². The normalized spacial score (nSPS) is 17.1. The minimum atomic E-state index is -0.871. The lowest BCUT2D eigenvalue weighted by Gasteiger charge is -2.44. The first-order valence-electron chi connectivity index (χ1n) is 17.8. The second kappa shape index (κ2) is 26.3. The van der Waals surface area contributed by atoms with Crippen molar-refractivity contribution in [3.8, 4) is 0 Å². The predicted molar refractivity (Wildman–Crippen MR) is 230 cm³/mol. The summed E-state index contributed by atoms with van der Waals surface area (Å²) in [6, 6.07) is 16.5. The van der Waals surface area contributed by atoms with Gasteiger partial charge >= 0.3 is 11.9 Å². The van der Waals surface area contributed by atoms with Crippen molar-refractivity contribution in [3.63, 3.8) is 0 Å². The number of dihydropyridines is 1. The molecule has 12 nitrogen and oxygen atoms in total. The van der Waals surface area contributed by atoms with E-state index in [0.29, 0.717) is 17.0 Å². The summed E-state index contributed by atoms with van der Waals surface area (Å²) >= 11 is 0. The average molecular weight is 865 g/mol. The molecule has 2 aliphatic heterocycles. The Kier molecular flexibility index (Phi) is 25.5. The molecular formula is C40H58Cl4N4O8. The number of allylic oxidation sites excluding steroid dienone is 2. The fourth-order valence-corrected chi connectivity index (χ4v) is 7.02. The number of benzene rings is 2. The Morgan fingerprint density at radius 2 is 1.30 bits per heavy atom. The van der Waals surface area contributed by atoms with Crippen molar-refractivity contribution in [2.75, 3.05) is 51.3 Å². The van der Waals surface area contributed by atoms with Gasteiger partial charge in [-0.3, -0.25) is 15.0 Å². The van der Waals surface area contributed by atoms with Crippen LogP contribution >= 0.6 is 49.6 Å². The quantitative estimate of drug-likeness (QED) is 0.148. The number of nitrogens with one attached hydrogen (secondary N) is 1. The second-order valence-corrected chi connectivity index (χ2v) is 14.0. The molecule has 1 saturated carbocycles. The molecule has 314 valence electrons. The van der Waals surface area contributed by atoms with Gasteiger partial charge in [-0.1, -0.05) is 49.6 Å². The molecule has 2 aromatic rings. The van der Waals surface area contributed by atoms with Gasteiger partial charge in [0.2, 0.25) is 0 Å². The molecule has 1 unspecified atom stereocenters. The van der Waals surface area contributed by atoms with Crippen molar-refractivity contribution in [1.82, 2.24) is 10.2 Å². The SMILES string of the molecule is CC(C)=O.CC(C)=O.COC(=O)C1=C(C)NC(C)=C(C(=O)OCC2(CN3CCN(c4ccccc4)CC3)CCCCC2)C1c1cccc([N+](=O)[O-])c1.Cl.Cl.Cl.Cl. The van der Waals surface area contributed by atoms with Crippen LogP contribution in [0.5, 0.6) is 0 Å². The van der Waals surface area contributed by atoms with E-state index in [4.69, 9.17) is 9.47 Å². The van der Waals surface area contributed by atoms with Crippen LogP contribution in [0.2, 0.25) is 0 Å². The fourth-order valence-electron chi connectivity index (χ4n) is 7.02. The molecule has 1 atom stereocenters. The predicted octanol–water partition coefficient (Wildman–Crippen LogP) is 8.20. The lowest BCUT2D eigenvalue weighted by atomic mass is 9.74. The van der Waals surface area contributed by atoms with Gasteiger partial charge < -0.3 is 29.3 Å². The number of halogens is 4. The number of nitrogens with zero attached hydrogens (tertiary/aromatic N) is 3. The number of non-ortho nitro benzene ring substituents is 1. The number of carbonyl (C=O) groups is 4. The zero-order valence-corrected chi connectivity index (χ0v) is 36.6. The highest BCUT2D eigenvalue weighted by Gasteiger charge is 2.41. The molecule has 1 aliphatic carbocycles. The molecule has 3 aliphatic rings. The van der Waals surface area contributed by atoms with Crippen molar-refractivity contribution >= 4 is 84.5 Å². The summed E-state index contributed by atoms with van der Waals surface area (Å²) in [4.78, 5) is 61.9. The van der Waals surface area contributed by atoms with E-state index in [1.165, 1.54) is 59.0 Å². The van der Waals surface area contributed by atoms with E-state index in [1.807, 2.05) is 6.07 Å². The molecule has 1 N–H and O–H groups in total. The van der Waals surface area contributed by atoms with E-state index in [1.54, 1.807) is 26.0 Å². The highest BCUT2D eigenvalue weighted by molar-refractivity contribution is 6.00. The summed E-state index contributed by atoms with van der Waals surface area (Å²) in [6.45, 7) is 14.5. The maximum Gasteiger partial charge on any atom is 0.336 e. The molecule has 16 heteroatoms. The smallest absolute Gasteiger partial charge is 0.336 e. The topological polar surface area (TPSA) is 148 Å². The molecule has 0 radical (unpaired) electrons. The van der Waals surface area contributed by atoms with Crippen LogP contribution in [0.25, 0.3) is 0 Å². The molecule has 2 fully saturated rings. The number of ketones is 2. The molecule has 0 amide bonds. The van der Waals surface area contributed by atoms with Gasteiger partial charge in [-0.15, -0.1) is 49.6 Å². The monoisotopic (exact) mass is 862 g/mol. The molecule has 1 saturated heterocycles. The van der Waals surface area contributed by atoms with Crippen LogP contribution in [-0.2, 0) is 28.7 Å². The Labute approximate surface area is 356 Å². The van der Waals surface area contributed by atoms with Gasteiger partial charge in [-0.05, 0) is 72.1 Å². The highest BCUT2D eigenvalue weighted by Crippen LogP contribution is 2.42. The maximum atomic E-state index is 14.0. The van der Waals surface area contributed by atoms with Gasteiger partial charge in [0.15, 0.2) is 0 Å². The zero-order chi connectivity index (χ0) is 38.4. The van der Waals surface area contributed by atoms with E-state index in [-0.39, 0.29) is 90.1 Å². The summed E-state index contributed by atoms with van der Waals surface area (Å²) in [7, 11) is 1.28. The van der Waals surface area contributed by atoms with Gasteiger partial charge in [-0.2, -0.15) is 0 Å². The second-order valence-electron chi connectivity index (χ2n) is 14.0. The molecule has 0 aromatic heterocycles. The van der Waals surface area contributed by atoms with Gasteiger partial charge in [0.25, 0.3) is 5.69 Å².